The van der Waals surface area contributed by atoms with Gasteiger partial charge in [0.15, 0.2) is 5.78 Å². The molecule has 0 aliphatic heterocycles. The number of carbonyl (C=O) groups excluding carboxylic acids is 1. The Morgan fingerprint density at radius 1 is 0.264 bits per heavy atom. The molecular weight excluding hydrogens is 641 g/mol. The Balaban J connectivity index is 1.50. The molecule has 9 aromatic rings. The Hall–Kier alpha value is -6.83. The minimum Gasteiger partial charge on any atom is -0.289 e. The summed E-state index contributed by atoms with van der Waals surface area (Å²) in [7, 11) is 0. The molecule has 0 unspecified atom stereocenters. The summed E-state index contributed by atoms with van der Waals surface area (Å²) in [5.74, 6) is -0.200. The van der Waals surface area contributed by atoms with Gasteiger partial charge in [-0.25, -0.2) is 0 Å². The third-order valence-electron chi connectivity index (χ3n) is 10.9. The predicted molar refractivity (Wildman–Crippen MR) is 220 cm³/mol. The number of carbonyl (C=O) groups is 1. The van der Waals surface area contributed by atoms with Crippen molar-refractivity contribution in [1.82, 2.24) is 0 Å². The molecule has 0 bridgehead atoms. The lowest BCUT2D eigenvalue weighted by atomic mass is 9.65. The quantitative estimate of drug-likeness (QED) is 0.178. The van der Waals surface area contributed by atoms with Crippen molar-refractivity contribution in [3.8, 4) is 44.5 Å². The molecule has 0 saturated heterocycles. The molecule has 1 heteroatoms. The highest BCUT2D eigenvalue weighted by Crippen LogP contribution is 2.57. The lowest BCUT2D eigenvalue weighted by Gasteiger charge is -2.36. The van der Waals surface area contributed by atoms with Gasteiger partial charge in [0.25, 0.3) is 0 Å². The normalized spacial score (nSPS) is 12.5. The standard InChI is InChI=1S/C52H34O/c53-52-50-45(36-24-10-3-11-25-36)41-32-18-16-30-39(41)43(34-20-6-1-7-21-34)48(50)47(38-28-14-5-15-29-38)49-44(35-22-8-2-9-23-35)40-31-17-19-33-42(40)46(51(49)52)37-26-12-4-13-27-37/h1-33,47H. The van der Waals surface area contributed by atoms with E-state index in [-0.39, 0.29) is 11.7 Å². The van der Waals surface area contributed by atoms with Crippen molar-refractivity contribution in [3.05, 3.63) is 228 Å². The molecule has 0 N–H and O–H groups in total. The smallest absolute Gasteiger partial charge is 0.194 e. The van der Waals surface area contributed by atoms with Gasteiger partial charge >= 0.3 is 0 Å². The van der Waals surface area contributed by atoms with Gasteiger partial charge in [0.05, 0.1) is 0 Å². The number of hydrogen-bond donors (Lipinski definition) is 0. The van der Waals surface area contributed by atoms with E-state index in [1.807, 2.05) is 12.1 Å². The third kappa shape index (κ3) is 4.89. The van der Waals surface area contributed by atoms with Crippen molar-refractivity contribution in [2.75, 3.05) is 0 Å². The zero-order valence-electron chi connectivity index (χ0n) is 29.0. The summed E-state index contributed by atoms with van der Waals surface area (Å²) in [6.45, 7) is 0. The number of hydrogen-bond acceptors (Lipinski definition) is 1. The minimum absolute atomic E-state index is 0.0609. The van der Waals surface area contributed by atoms with Crippen LogP contribution in [0.4, 0.5) is 0 Å². The maximum Gasteiger partial charge on any atom is 0.194 e. The van der Waals surface area contributed by atoms with E-state index in [0.717, 1.165) is 93.9 Å². The minimum atomic E-state index is -0.261. The molecule has 0 fully saturated rings. The first-order valence-electron chi connectivity index (χ1n) is 18.3. The molecule has 10 rings (SSSR count). The Labute approximate surface area is 309 Å². The van der Waals surface area contributed by atoms with Crippen LogP contribution in [0.3, 0.4) is 0 Å². The molecule has 1 aliphatic carbocycles. The van der Waals surface area contributed by atoms with Gasteiger partial charge in [-0.15, -0.1) is 0 Å². The number of benzene rings is 9. The monoisotopic (exact) mass is 674 g/mol. The summed E-state index contributed by atoms with van der Waals surface area (Å²) in [4.78, 5) is 16.3. The molecule has 248 valence electrons. The topological polar surface area (TPSA) is 17.1 Å². The van der Waals surface area contributed by atoms with Crippen molar-refractivity contribution in [3.63, 3.8) is 0 Å². The van der Waals surface area contributed by atoms with Crippen molar-refractivity contribution >= 4 is 27.3 Å². The maximum atomic E-state index is 16.3. The Kier molecular flexibility index (Phi) is 7.44. The summed E-state index contributed by atoms with van der Waals surface area (Å²) >= 11 is 0. The van der Waals surface area contributed by atoms with E-state index in [1.165, 1.54) is 0 Å². The molecule has 0 amide bonds. The SMILES string of the molecule is O=C1c2c(c(-c3ccccc3)c3ccccc3c2-c2ccccc2)C(c2ccccc2)c2c1c(-c1ccccc1)c1ccccc1c2-c1ccccc1. The predicted octanol–water partition coefficient (Wildman–Crippen LogP) is 13.4. The highest BCUT2D eigenvalue weighted by Gasteiger charge is 2.42. The molecule has 0 aromatic heterocycles. The summed E-state index contributed by atoms with van der Waals surface area (Å²) < 4.78 is 0. The third-order valence-corrected chi connectivity index (χ3v) is 10.9. The first-order chi connectivity index (χ1) is 26.3. The summed E-state index contributed by atoms with van der Waals surface area (Å²) in [6, 6.07) is 70.5. The molecule has 9 aromatic carbocycles. The molecule has 0 spiro atoms. The van der Waals surface area contributed by atoms with Crippen LogP contribution in [0, 0.1) is 0 Å². The fourth-order valence-corrected chi connectivity index (χ4v) is 8.86. The Bertz CT molecular complexity index is 2630. The van der Waals surface area contributed by atoms with E-state index < -0.39 is 0 Å². The highest BCUT2D eigenvalue weighted by atomic mass is 16.1. The van der Waals surface area contributed by atoms with Crippen molar-refractivity contribution in [1.29, 1.82) is 0 Å². The van der Waals surface area contributed by atoms with Crippen LogP contribution in [0.5, 0.6) is 0 Å². The van der Waals surface area contributed by atoms with Gasteiger partial charge in [0.1, 0.15) is 0 Å². The zero-order valence-corrected chi connectivity index (χ0v) is 29.0. The molecule has 0 atom stereocenters. The molecule has 1 aliphatic rings. The highest BCUT2D eigenvalue weighted by molar-refractivity contribution is 6.29. The number of ketones is 1. The van der Waals surface area contributed by atoms with Crippen LogP contribution >= 0.6 is 0 Å². The van der Waals surface area contributed by atoms with E-state index >= 15 is 4.79 Å². The van der Waals surface area contributed by atoms with Crippen molar-refractivity contribution in [2.45, 2.75) is 5.92 Å². The van der Waals surface area contributed by atoms with E-state index in [9.17, 15) is 0 Å². The second kappa shape index (κ2) is 12.7. The Morgan fingerprint density at radius 2 is 0.528 bits per heavy atom. The maximum absolute atomic E-state index is 16.3. The van der Waals surface area contributed by atoms with Crippen LogP contribution in [-0.2, 0) is 0 Å². The zero-order chi connectivity index (χ0) is 35.3. The molecular formula is C52H34O. The first-order valence-corrected chi connectivity index (χ1v) is 18.3. The lowest BCUT2D eigenvalue weighted by molar-refractivity contribution is 0.103. The summed E-state index contributed by atoms with van der Waals surface area (Å²) in [6.07, 6.45) is 0. The van der Waals surface area contributed by atoms with Crippen LogP contribution in [0.25, 0.3) is 66.1 Å². The van der Waals surface area contributed by atoms with E-state index in [0.29, 0.717) is 0 Å². The van der Waals surface area contributed by atoms with Gasteiger partial charge < -0.3 is 0 Å². The van der Waals surface area contributed by atoms with Crippen LogP contribution in [0.2, 0.25) is 0 Å². The van der Waals surface area contributed by atoms with E-state index in [4.69, 9.17) is 0 Å². The molecule has 53 heavy (non-hydrogen) atoms. The van der Waals surface area contributed by atoms with E-state index in [1.54, 1.807) is 0 Å². The Morgan fingerprint density at radius 3 is 0.868 bits per heavy atom. The van der Waals surface area contributed by atoms with Crippen LogP contribution in [0.1, 0.15) is 38.5 Å². The second-order valence-corrected chi connectivity index (χ2v) is 13.8. The first kappa shape index (κ1) is 30.9. The van der Waals surface area contributed by atoms with Gasteiger partial charge in [-0.1, -0.05) is 200 Å². The average Bonchev–Trinajstić information content (AvgIpc) is 3.24. The van der Waals surface area contributed by atoms with Gasteiger partial charge in [-0.2, -0.15) is 0 Å². The van der Waals surface area contributed by atoms with Gasteiger partial charge in [0.2, 0.25) is 0 Å². The lowest BCUT2D eigenvalue weighted by Crippen LogP contribution is -2.25. The van der Waals surface area contributed by atoms with Crippen molar-refractivity contribution in [2.24, 2.45) is 0 Å². The fourth-order valence-electron chi connectivity index (χ4n) is 8.86. The molecule has 0 heterocycles. The second-order valence-electron chi connectivity index (χ2n) is 13.8. The fraction of sp³-hybridized carbons (Fsp3) is 0.0192. The van der Waals surface area contributed by atoms with Crippen LogP contribution < -0.4 is 0 Å². The number of rotatable bonds is 5. The van der Waals surface area contributed by atoms with Crippen molar-refractivity contribution < 1.29 is 4.79 Å². The molecule has 0 radical (unpaired) electrons. The van der Waals surface area contributed by atoms with Crippen LogP contribution in [0.15, 0.2) is 200 Å². The van der Waals surface area contributed by atoms with E-state index in [2.05, 4.69) is 188 Å². The number of fused-ring (bicyclic) bond motifs is 4. The summed E-state index contributed by atoms with van der Waals surface area (Å²) in [5.41, 5.74) is 13.3. The molecule has 1 nitrogen and oxygen atoms in total. The summed E-state index contributed by atoms with van der Waals surface area (Å²) in [5, 5.41) is 4.42. The van der Waals surface area contributed by atoms with Gasteiger partial charge in [0, 0.05) is 28.2 Å². The largest absolute Gasteiger partial charge is 0.289 e. The van der Waals surface area contributed by atoms with Gasteiger partial charge in [-0.05, 0) is 71.6 Å². The van der Waals surface area contributed by atoms with Gasteiger partial charge in [-0.3, -0.25) is 4.79 Å². The molecule has 0 saturated carbocycles. The average molecular weight is 675 g/mol. The van der Waals surface area contributed by atoms with Crippen LogP contribution in [-0.4, -0.2) is 5.78 Å².